The average molecular weight is 666 g/mol. The van der Waals surface area contributed by atoms with Crippen molar-refractivity contribution >= 4 is 27.5 Å². The normalized spacial score (nSPS) is 11.7. The molecule has 246 valence electrons. The van der Waals surface area contributed by atoms with Crippen molar-refractivity contribution in [1.29, 1.82) is 0 Å². The summed E-state index contributed by atoms with van der Waals surface area (Å²) in [6, 6.07) is 37.3. The predicted molar refractivity (Wildman–Crippen MR) is 183 cm³/mol. The Bertz CT molecular complexity index is 1890. The van der Waals surface area contributed by atoms with E-state index in [2.05, 4.69) is 5.32 Å². The molecule has 1 atom stereocenters. The number of para-hydroxylation sites is 1. The molecule has 0 aliphatic rings. The van der Waals surface area contributed by atoms with Gasteiger partial charge in [0.1, 0.15) is 29.9 Å². The van der Waals surface area contributed by atoms with Gasteiger partial charge in [-0.15, -0.1) is 0 Å². The van der Waals surface area contributed by atoms with E-state index in [4.69, 9.17) is 4.74 Å². The summed E-state index contributed by atoms with van der Waals surface area (Å²) in [6.45, 7) is 1.44. The number of likely N-dealkylation sites (N-methyl/N-ethyl adjacent to an activating group) is 1. The lowest BCUT2D eigenvalue weighted by molar-refractivity contribution is -0.140. The highest BCUT2D eigenvalue weighted by molar-refractivity contribution is 7.92. The van der Waals surface area contributed by atoms with Gasteiger partial charge in [0.2, 0.25) is 11.8 Å². The zero-order chi connectivity index (χ0) is 33.9. The van der Waals surface area contributed by atoms with Crippen molar-refractivity contribution in [3.8, 4) is 11.5 Å². The van der Waals surface area contributed by atoms with Gasteiger partial charge < -0.3 is 15.0 Å². The molecule has 0 aliphatic carbocycles. The van der Waals surface area contributed by atoms with Crippen molar-refractivity contribution in [2.24, 2.45) is 0 Å². The highest BCUT2D eigenvalue weighted by Gasteiger charge is 2.34. The van der Waals surface area contributed by atoms with E-state index in [-0.39, 0.29) is 23.5 Å². The van der Waals surface area contributed by atoms with Crippen molar-refractivity contribution in [1.82, 2.24) is 10.2 Å². The molecule has 0 unspecified atom stereocenters. The number of amides is 2. The molecule has 5 aromatic carbocycles. The SMILES string of the molecule is CCNC(=O)[C@H](Cc1ccccc1)N(Cc1ccc(F)cc1)C(=O)CN(c1ccc(Oc2ccccc2)cc1)S(=O)(=O)c1ccccc1. The number of rotatable bonds is 14. The van der Waals surface area contributed by atoms with Crippen LogP contribution >= 0.6 is 0 Å². The Hall–Kier alpha value is -5.48. The van der Waals surface area contributed by atoms with Crippen LogP contribution in [-0.2, 0) is 32.6 Å². The Morgan fingerprint density at radius 2 is 1.29 bits per heavy atom. The van der Waals surface area contributed by atoms with E-state index in [0.29, 0.717) is 23.6 Å². The van der Waals surface area contributed by atoms with Crippen molar-refractivity contribution in [3.63, 3.8) is 0 Å². The van der Waals surface area contributed by atoms with Gasteiger partial charge in [0.25, 0.3) is 10.0 Å². The highest BCUT2D eigenvalue weighted by atomic mass is 32.2. The minimum absolute atomic E-state index is 0.00272. The molecule has 0 saturated heterocycles. The molecular formula is C38H36FN3O5S. The zero-order valence-corrected chi connectivity index (χ0v) is 27.2. The summed E-state index contributed by atoms with van der Waals surface area (Å²) in [4.78, 5) is 29.4. The van der Waals surface area contributed by atoms with E-state index in [1.165, 1.54) is 41.3 Å². The first-order valence-corrected chi connectivity index (χ1v) is 16.9. The lowest BCUT2D eigenvalue weighted by atomic mass is 10.0. The summed E-state index contributed by atoms with van der Waals surface area (Å²) < 4.78 is 49.1. The van der Waals surface area contributed by atoms with Gasteiger partial charge >= 0.3 is 0 Å². The summed E-state index contributed by atoms with van der Waals surface area (Å²) in [5.74, 6) is -0.362. The Kier molecular flexibility index (Phi) is 11.2. The summed E-state index contributed by atoms with van der Waals surface area (Å²) in [5, 5.41) is 2.82. The highest BCUT2D eigenvalue weighted by Crippen LogP contribution is 2.29. The fourth-order valence-electron chi connectivity index (χ4n) is 5.19. The first kappa shape index (κ1) is 33.9. The molecule has 1 N–H and O–H groups in total. The second-order valence-electron chi connectivity index (χ2n) is 11.0. The Morgan fingerprint density at radius 1 is 0.729 bits per heavy atom. The van der Waals surface area contributed by atoms with Crippen LogP contribution in [0.25, 0.3) is 0 Å². The molecule has 5 aromatic rings. The molecule has 48 heavy (non-hydrogen) atoms. The molecule has 0 aliphatic heterocycles. The second kappa shape index (κ2) is 15.9. The van der Waals surface area contributed by atoms with Gasteiger partial charge in [0, 0.05) is 19.5 Å². The van der Waals surface area contributed by atoms with Gasteiger partial charge in [-0.3, -0.25) is 13.9 Å². The zero-order valence-electron chi connectivity index (χ0n) is 26.4. The van der Waals surface area contributed by atoms with Gasteiger partial charge in [-0.25, -0.2) is 12.8 Å². The maximum absolute atomic E-state index is 14.5. The molecule has 0 bridgehead atoms. The number of benzene rings is 5. The molecule has 0 aromatic heterocycles. The maximum atomic E-state index is 14.5. The van der Waals surface area contributed by atoms with Crippen LogP contribution in [-0.4, -0.2) is 44.3 Å². The third-order valence-electron chi connectivity index (χ3n) is 7.60. The van der Waals surface area contributed by atoms with Crippen LogP contribution in [0, 0.1) is 5.82 Å². The number of halogens is 1. The molecule has 0 heterocycles. The molecule has 0 radical (unpaired) electrons. The first-order valence-electron chi connectivity index (χ1n) is 15.5. The van der Waals surface area contributed by atoms with Crippen LogP contribution < -0.4 is 14.4 Å². The number of hydrogen-bond acceptors (Lipinski definition) is 5. The van der Waals surface area contributed by atoms with Crippen molar-refractivity contribution < 1.29 is 27.1 Å². The minimum Gasteiger partial charge on any atom is -0.457 e. The van der Waals surface area contributed by atoms with Crippen LogP contribution in [0.2, 0.25) is 0 Å². The molecule has 5 rings (SSSR count). The summed E-state index contributed by atoms with van der Waals surface area (Å²) in [5.41, 5.74) is 1.62. The maximum Gasteiger partial charge on any atom is 0.264 e. The topological polar surface area (TPSA) is 96.0 Å². The standard InChI is InChI=1S/C38H36FN3O5S/c1-2-40-38(44)36(26-29-12-6-3-7-13-29)41(27-30-18-20-31(39)21-19-30)37(43)28-42(48(45,46)35-16-10-5-11-17-35)32-22-24-34(25-23-32)47-33-14-8-4-9-15-33/h3-25,36H,2,26-28H2,1H3,(H,40,44)/t36-/m0/s1. The van der Waals surface area contributed by atoms with Gasteiger partial charge in [-0.2, -0.15) is 0 Å². The van der Waals surface area contributed by atoms with E-state index in [9.17, 15) is 22.4 Å². The molecule has 0 saturated carbocycles. The van der Waals surface area contributed by atoms with E-state index < -0.39 is 40.2 Å². The van der Waals surface area contributed by atoms with E-state index in [1.807, 2.05) is 48.5 Å². The fourth-order valence-corrected chi connectivity index (χ4v) is 6.62. The number of hydrogen-bond donors (Lipinski definition) is 1. The van der Waals surface area contributed by atoms with Crippen LogP contribution in [0.5, 0.6) is 11.5 Å². The summed E-state index contributed by atoms with van der Waals surface area (Å²) in [7, 11) is -4.25. The third kappa shape index (κ3) is 8.65. The van der Waals surface area contributed by atoms with E-state index >= 15 is 0 Å². The lowest BCUT2D eigenvalue weighted by Crippen LogP contribution is -2.53. The number of nitrogens with zero attached hydrogens (tertiary/aromatic N) is 2. The van der Waals surface area contributed by atoms with E-state index in [0.717, 1.165) is 9.87 Å². The Balaban J connectivity index is 1.53. The molecule has 0 fully saturated rings. The largest absolute Gasteiger partial charge is 0.457 e. The first-order chi connectivity index (χ1) is 23.2. The molecule has 2 amide bonds. The lowest BCUT2D eigenvalue weighted by Gasteiger charge is -2.33. The predicted octanol–water partition coefficient (Wildman–Crippen LogP) is 6.59. The number of carbonyl (C=O) groups is 2. The quantitative estimate of drug-likeness (QED) is 0.144. The van der Waals surface area contributed by atoms with Crippen LogP contribution in [0.4, 0.5) is 10.1 Å². The molecule has 0 spiro atoms. The van der Waals surface area contributed by atoms with Gasteiger partial charge in [0.15, 0.2) is 0 Å². The van der Waals surface area contributed by atoms with Crippen molar-refractivity contribution in [3.05, 3.63) is 156 Å². The molecule has 10 heteroatoms. The van der Waals surface area contributed by atoms with Gasteiger partial charge in [0.05, 0.1) is 10.6 Å². The minimum atomic E-state index is -4.25. The number of carbonyl (C=O) groups excluding carboxylic acids is 2. The second-order valence-corrected chi connectivity index (χ2v) is 12.8. The summed E-state index contributed by atoms with van der Waals surface area (Å²) >= 11 is 0. The van der Waals surface area contributed by atoms with Crippen LogP contribution in [0.3, 0.4) is 0 Å². The fraction of sp³-hybridized carbons (Fsp3) is 0.158. The summed E-state index contributed by atoms with van der Waals surface area (Å²) in [6.07, 6.45) is 0.177. The molecular weight excluding hydrogens is 629 g/mol. The van der Waals surface area contributed by atoms with Gasteiger partial charge in [-0.05, 0) is 78.7 Å². The molecule has 8 nitrogen and oxygen atoms in total. The number of anilines is 1. The van der Waals surface area contributed by atoms with E-state index in [1.54, 1.807) is 61.5 Å². The monoisotopic (exact) mass is 665 g/mol. The smallest absolute Gasteiger partial charge is 0.264 e. The van der Waals surface area contributed by atoms with Crippen LogP contribution in [0.15, 0.2) is 144 Å². The Labute approximate surface area is 280 Å². The van der Waals surface area contributed by atoms with Gasteiger partial charge in [-0.1, -0.05) is 78.9 Å². The number of nitrogens with one attached hydrogen (secondary N) is 1. The Morgan fingerprint density at radius 3 is 1.90 bits per heavy atom. The van der Waals surface area contributed by atoms with Crippen LogP contribution in [0.1, 0.15) is 18.1 Å². The van der Waals surface area contributed by atoms with Crippen molar-refractivity contribution in [2.75, 3.05) is 17.4 Å². The van der Waals surface area contributed by atoms with Crippen molar-refractivity contribution in [2.45, 2.75) is 30.8 Å². The number of sulfonamides is 1. The third-order valence-corrected chi connectivity index (χ3v) is 9.39. The number of ether oxygens (including phenoxy) is 1. The average Bonchev–Trinajstić information content (AvgIpc) is 3.11.